The fourth-order valence-electron chi connectivity index (χ4n) is 3.61. The molecule has 1 fully saturated rings. The molecule has 3 aromatic rings. The average Bonchev–Trinajstić information content (AvgIpc) is 3.19. The number of halogens is 1. The highest BCUT2D eigenvalue weighted by Crippen LogP contribution is 2.21. The summed E-state index contributed by atoms with van der Waals surface area (Å²) < 4.78 is 5.92. The predicted molar refractivity (Wildman–Crippen MR) is 124 cm³/mol. The number of β-amino-alcohol motifs (C(OH)–C–C–N with tert-alkyl or cyclic N) is 1. The first-order valence-electron chi connectivity index (χ1n) is 10.4. The van der Waals surface area contributed by atoms with Crippen LogP contribution in [0, 0.1) is 18.8 Å². The number of benzene rings is 2. The third-order valence-corrected chi connectivity index (χ3v) is 5.62. The van der Waals surface area contributed by atoms with Crippen LogP contribution in [0.25, 0.3) is 11.1 Å². The van der Waals surface area contributed by atoms with Gasteiger partial charge in [0, 0.05) is 42.0 Å². The number of aliphatic hydroxyl groups excluding tert-OH is 1. The van der Waals surface area contributed by atoms with Crippen LogP contribution in [0.15, 0.2) is 60.8 Å². The van der Waals surface area contributed by atoms with Crippen molar-refractivity contribution in [2.45, 2.75) is 19.4 Å². The van der Waals surface area contributed by atoms with Crippen LogP contribution >= 0.6 is 11.6 Å². The van der Waals surface area contributed by atoms with Crippen LogP contribution in [-0.2, 0) is 0 Å². The van der Waals surface area contributed by atoms with Crippen molar-refractivity contribution < 1.29 is 9.84 Å². The Morgan fingerprint density at radius 2 is 1.90 bits per heavy atom. The van der Waals surface area contributed by atoms with Gasteiger partial charge in [-0.25, -0.2) is 4.98 Å². The third kappa shape index (κ3) is 5.86. The fourth-order valence-corrected chi connectivity index (χ4v) is 3.73. The molecule has 2 heterocycles. The van der Waals surface area contributed by atoms with E-state index in [9.17, 15) is 5.11 Å². The molecule has 1 atom stereocenters. The molecule has 1 aromatic heterocycles. The number of hydrogen-bond donors (Lipinski definition) is 1. The van der Waals surface area contributed by atoms with Crippen molar-refractivity contribution in [1.82, 2.24) is 9.88 Å². The van der Waals surface area contributed by atoms with E-state index in [1.807, 2.05) is 67.7 Å². The van der Waals surface area contributed by atoms with Crippen LogP contribution in [0.2, 0.25) is 5.02 Å². The zero-order valence-electron chi connectivity index (χ0n) is 17.5. The Labute approximate surface area is 188 Å². The summed E-state index contributed by atoms with van der Waals surface area (Å²) in [6.45, 7) is 5.15. The molecule has 0 saturated carbocycles. The van der Waals surface area contributed by atoms with Gasteiger partial charge < -0.3 is 9.84 Å². The van der Waals surface area contributed by atoms with E-state index in [1.165, 1.54) is 0 Å². The minimum absolute atomic E-state index is 0.192. The summed E-state index contributed by atoms with van der Waals surface area (Å²) in [5.41, 5.74) is 4.81. The number of aromatic nitrogens is 1. The van der Waals surface area contributed by atoms with Crippen molar-refractivity contribution in [2.75, 3.05) is 26.2 Å². The molecule has 31 heavy (non-hydrogen) atoms. The Morgan fingerprint density at radius 3 is 2.58 bits per heavy atom. The second-order valence-electron chi connectivity index (χ2n) is 7.76. The molecule has 1 N–H and O–H groups in total. The number of aryl methyl sites for hydroxylation is 1. The zero-order valence-corrected chi connectivity index (χ0v) is 18.3. The first-order valence-corrected chi connectivity index (χ1v) is 10.8. The topological polar surface area (TPSA) is 45.6 Å². The molecule has 158 valence electrons. The van der Waals surface area contributed by atoms with Crippen molar-refractivity contribution in [3.8, 4) is 28.7 Å². The number of rotatable bonds is 5. The monoisotopic (exact) mass is 432 g/mol. The minimum Gasteiger partial charge on any atom is -0.492 e. The Balaban J connectivity index is 1.35. The molecular weight excluding hydrogens is 408 g/mol. The van der Waals surface area contributed by atoms with Crippen molar-refractivity contribution >= 4 is 11.6 Å². The van der Waals surface area contributed by atoms with E-state index in [0.717, 1.165) is 64.8 Å². The number of nitrogens with zero attached hydrogens (tertiary/aromatic N) is 2. The molecule has 0 bridgehead atoms. The molecule has 1 aliphatic rings. The van der Waals surface area contributed by atoms with Gasteiger partial charge in [-0.15, -0.1) is 0 Å². The van der Waals surface area contributed by atoms with Gasteiger partial charge in [0.25, 0.3) is 0 Å². The number of pyridine rings is 1. The smallest absolute Gasteiger partial charge is 0.122 e. The van der Waals surface area contributed by atoms with Gasteiger partial charge in [0.15, 0.2) is 0 Å². The second-order valence-corrected chi connectivity index (χ2v) is 8.20. The van der Waals surface area contributed by atoms with Crippen molar-refractivity contribution in [3.63, 3.8) is 0 Å². The summed E-state index contributed by atoms with van der Waals surface area (Å²) in [6.07, 6.45) is 2.49. The maximum atomic E-state index is 9.59. The van der Waals surface area contributed by atoms with Gasteiger partial charge in [0.2, 0.25) is 0 Å². The summed E-state index contributed by atoms with van der Waals surface area (Å²) >= 11 is 5.95. The molecule has 1 unspecified atom stereocenters. The molecule has 0 radical (unpaired) electrons. The lowest BCUT2D eigenvalue weighted by molar-refractivity contribution is 0.167. The van der Waals surface area contributed by atoms with E-state index in [1.54, 1.807) is 0 Å². The number of aliphatic hydroxyl groups is 1. The van der Waals surface area contributed by atoms with Gasteiger partial charge in [-0.1, -0.05) is 35.7 Å². The van der Waals surface area contributed by atoms with E-state index in [4.69, 9.17) is 16.3 Å². The van der Waals surface area contributed by atoms with Gasteiger partial charge in [0.1, 0.15) is 18.1 Å². The normalized spacial score (nSPS) is 16.0. The molecule has 0 aliphatic carbocycles. The van der Waals surface area contributed by atoms with Gasteiger partial charge in [-0.05, 0) is 66.8 Å². The highest BCUT2D eigenvalue weighted by Gasteiger charge is 2.19. The molecule has 5 heteroatoms. The van der Waals surface area contributed by atoms with E-state index in [0.29, 0.717) is 6.61 Å². The van der Waals surface area contributed by atoms with E-state index in [2.05, 4.69) is 21.7 Å². The Bertz CT molecular complexity index is 1090. The lowest BCUT2D eigenvalue weighted by Gasteiger charge is -2.16. The quantitative estimate of drug-likeness (QED) is 0.600. The number of ether oxygens (including phenoxy) is 1. The summed E-state index contributed by atoms with van der Waals surface area (Å²) in [6, 6.07) is 17.6. The highest BCUT2D eigenvalue weighted by molar-refractivity contribution is 6.30. The predicted octanol–water partition coefficient (Wildman–Crippen LogP) is 4.56. The maximum Gasteiger partial charge on any atom is 0.122 e. The first kappa shape index (κ1) is 21.4. The average molecular weight is 433 g/mol. The summed E-state index contributed by atoms with van der Waals surface area (Å²) in [5.74, 6) is 7.18. The standard InChI is InChI=1S/C26H25ClN2O2/c1-19-16-20(3-11-26(19)31-15-14-29-13-12-25(30)18-29)2-9-24-10-6-22(17-28-24)21-4-7-23(27)8-5-21/h3-8,10-11,16-17,25,30H,12-15,18H2,1H3. The fraction of sp³-hybridized carbons (Fsp3) is 0.269. The maximum absolute atomic E-state index is 9.59. The molecular formula is C26H25ClN2O2. The Hall–Kier alpha value is -2.84. The van der Waals surface area contributed by atoms with Crippen LogP contribution in [0.4, 0.5) is 0 Å². The molecule has 1 aliphatic heterocycles. The van der Waals surface area contributed by atoms with Crippen LogP contribution in [-0.4, -0.2) is 47.3 Å². The lowest BCUT2D eigenvalue weighted by Crippen LogP contribution is -2.27. The molecule has 4 nitrogen and oxygen atoms in total. The van der Waals surface area contributed by atoms with E-state index in [-0.39, 0.29) is 6.10 Å². The summed E-state index contributed by atoms with van der Waals surface area (Å²) in [5, 5.41) is 10.3. The van der Waals surface area contributed by atoms with Crippen molar-refractivity contribution in [1.29, 1.82) is 0 Å². The van der Waals surface area contributed by atoms with Gasteiger partial charge >= 0.3 is 0 Å². The molecule has 4 rings (SSSR count). The third-order valence-electron chi connectivity index (χ3n) is 5.36. The van der Waals surface area contributed by atoms with Crippen molar-refractivity contribution in [3.05, 3.63) is 82.6 Å². The van der Waals surface area contributed by atoms with Gasteiger partial charge in [-0.3, -0.25) is 4.90 Å². The lowest BCUT2D eigenvalue weighted by atomic mass is 10.1. The SMILES string of the molecule is Cc1cc(C#Cc2ccc(-c3ccc(Cl)cc3)cn2)ccc1OCCN1CCC(O)C1. The second kappa shape index (κ2) is 9.98. The van der Waals surface area contributed by atoms with Crippen molar-refractivity contribution in [2.24, 2.45) is 0 Å². The van der Waals surface area contributed by atoms with E-state index < -0.39 is 0 Å². The largest absolute Gasteiger partial charge is 0.492 e. The minimum atomic E-state index is -0.192. The Morgan fingerprint density at radius 1 is 1.10 bits per heavy atom. The Kier molecular flexibility index (Phi) is 6.89. The van der Waals surface area contributed by atoms with Crippen LogP contribution in [0.1, 0.15) is 23.2 Å². The summed E-state index contributed by atoms with van der Waals surface area (Å²) in [7, 11) is 0. The zero-order chi connectivity index (χ0) is 21.6. The van der Waals surface area contributed by atoms with Crippen LogP contribution < -0.4 is 4.74 Å². The van der Waals surface area contributed by atoms with Crippen LogP contribution in [0.5, 0.6) is 5.75 Å². The molecule has 1 saturated heterocycles. The summed E-state index contributed by atoms with van der Waals surface area (Å²) in [4.78, 5) is 6.69. The molecule has 0 spiro atoms. The number of hydrogen-bond acceptors (Lipinski definition) is 4. The van der Waals surface area contributed by atoms with Gasteiger partial charge in [-0.2, -0.15) is 0 Å². The highest BCUT2D eigenvalue weighted by atomic mass is 35.5. The first-order chi connectivity index (χ1) is 15.1. The van der Waals surface area contributed by atoms with Crippen LogP contribution in [0.3, 0.4) is 0 Å². The van der Waals surface area contributed by atoms with E-state index >= 15 is 0 Å². The molecule has 0 amide bonds. The van der Waals surface area contributed by atoms with Gasteiger partial charge in [0.05, 0.1) is 6.10 Å². The molecule has 2 aromatic carbocycles. The number of likely N-dealkylation sites (tertiary alicyclic amines) is 1.